The molecular formula is C49H44O6S. The van der Waals surface area contributed by atoms with E-state index in [-0.39, 0.29) is 21.0 Å². The Morgan fingerprint density at radius 3 is 1.27 bits per heavy atom. The molecule has 6 aromatic rings. The van der Waals surface area contributed by atoms with Crippen molar-refractivity contribution in [2.24, 2.45) is 23.7 Å². The van der Waals surface area contributed by atoms with E-state index in [1.54, 1.807) is 67.8 Å². The van der Waals surface area contributed by atoms with Crippen molar-refractivity contribution in [3.63, 3.8) is 0 Å². The standard InChI is InChI=1S/C49H44O6S/c1-32-3-5-35(6-4-32)48(50)36-7-13-42(14-8-36)54-44-19-23-46(24-20-44)56(51,52)47-25-21-45(22-26-47)55-43-17-11-38(12-18-43)49(37-9-15-41(53-2)16-10-37)39-28-33-27-34(30-39)31-40(49)29-33/h3-26,33-34,39-40H,27-31H2,1-2H3. The van der Waals surface area contributed by atoms with Gasteiger partial charge in [0.15, 0.2) is 5.78 Å². The fourth-order valence-corrected chi connectivity index (χ4v) is 11.3. The first-order valence-electron chi connectivity index (χ1n) is 19.5. The van der Waals surface area contributed by atoms with Crippen LogP contribution >= 0.6 is 0 Å². The summed E-state index contributed by atoms with van der Waals surface area (Å²) in [6.07, 6.45) is 6.56. The molecule has 6 aromatic carbocycles. The lowest BCUT2D eigenvalue weighted by molar-refractivity contribution is -0.0418. The summed E-state index contributed by atoms with van der Waals surface area (Å²) in [5.41, 5.74) is 5.00. The second-order valence-corrected chi connectivity index (χ2v) is 17.7. The number of methoxy groups -OCH3 is 1. The molecule has 0 amide bonds. The summed E-state index contributed by atoms with van der Waals surface area (Å²) >= 11 is 0. The second-order valence-electron chi connectivity index (χ2n) is 15.8. The number of benzene rings is 6. The lowest BCUT2D eigenvalue weighted by atomic mass is 9.42. The molecule has 282 valence electrons. The number of hydrogen-bond donors (Lipinski definition) is 0. The van der Waals surface area contributed by atoms with Gasteiger partial charge in [0.25, 0.3) is 0 Å². The molecule has 10 rings (SSSR count). The molecule has 0 aliphatic heterocycles. The summed E-state index contributed by atoms with van der Waals surface area (Å²) in [5.74, 6) is 6.06. The molecule has 0 atom stereocenters. The predicted octanol–water partition coefficient (Wildman–Crippen LogP) is 11.4. The van der Waals surface area contributed by atoms with Gasteiger partial charge >= 0.3 is 0 Å². The molecule has 7 heteroatoms. The molecule has 0 spiro atoms. The Hall–Kier alpha value is -5.66. The van der Waals surface area contributed by atoms with Crippen LogP contribution in [0.25, 0.3) is 0 Å². The second kappa shape index (κ2) is 14.4. The largest absolute Gasteiger partial charge is 0.497 e. The first kappa shape index (κ1) is 36.0. The zero-order valence-corrected chi connectivity index (χ0v) is 32.4. The van der Waals surface area contributed by atoms with Gasteiger partial charge in [-0.2, -0.15) is 0 Å². The molecular weight excluding hydrogens is 717 g/mol. The van der Waals surface area contributed by atoms with Gasteiger partial charge in [-0.3, -0.25) is 4.79 Å². The number of aryl methyl sites for hydroxylation is 1. The van der Waals surface area contributed by atoms with Gasteiger partial charge in [-0.15, -0.1) is 0 Å². The fraction of sp³-hybridized carbons (Fsp3) is 0.245. The van der Waals surface area contributed by atoms with Crippen molar-refractivity contribution >= 4 is 15.6 Å². The number of carbonyl (C=O) groups is 1. The molecule has 0 aromatic heterocycles. The molecule has 56 heavy (non-hydrogen) atoms. The number of sulfone groups is 1. The Morgan fingerprint density at radius 2 is 0.857 bits per heavy atom. The number of ether oxygens (including phenoxy) is 3. The van der Waals surface area contributed by atoms with Gasteiger partial charge in [-0.1, -0.05) is 54.1 Å². The molecule has 0 saturated heterocycles. The van der Waals surface area contributed by atoms with E-state index in [1.807, 2.05) is 31.2 Å². The van der Waals surface area contributed by atoms with Crippen LogP contribution in [0.15, 0.2) is 155 Å². The predicted molar refractivity (Wildman–Crippen MR) is 217 cm³/mol. The molecule has 4 fully saturated rings. The van der Waals surface area contributed by atoms with Crippen LogP contribution in [0.2, 0.25) is 0 Å². The quantitative estimate of drug-likeness (QED) is 0.122. The van der Waals surface area contributed by atoms with Crippen LogP contribution < -0.4 is 14.2 Å². The van der Waals surface area contributed by atoms with Crippen LogP contribution in [0.3, 0.4) is 0 Å². The van der Waals surface area contributed by atoms with Crippen LogP contribution in [0.4, 0.5) is 0 Å². The van der Waals surface area contributed by atoms with Gasteiger partial charge in [-0.05, 0) is 171 Å². The molecule has 6 nitrogen and oxygen atoms in total. The van der Waals surface area contributed by atoms with Crippen molar-refractivity contribution in [3.8, 4) is 28.7 Å². The van der Waals surface area contributed by atoms with E-state index in [0.717, 1.165) is 23.1 Å². The Kier molecular flexibility index (Phi) is 9.29. The molecule has 0 N–H and O–H groups in total. The summed E-state index contributed by atoms with van der Waals surface area (Å²) in [4.78, 5) is 13.2. The van der Waals surface area contributed by atoms with Crippen molar-refractivity contribution in [1.29, 1.82) is 0 Å². The zero-order valence-electron chi connectivity index (χ0n) is 31.6. The molecule has 4 aliphatic rings. The van der Waals surface area contributed by atoms with Gasteiger partial charge in [-0.25, -0.2) is 8.42 Å². The van der Waals surface area contributed by atoms with Crippen molar-refractivity contribution in [2.75, 3.05) is 7.11 Å². The average Bonchev–Trinajstić information content (AvgIpc) is 3.22. The van der Waals surface area contributed by atoms with E-state index in [9.17, 15) is 13.2 Å². The summed E-state index contributed by atoms with van der Waals surface area (Å²) in [6.45, 7) is 1.98. The maximum Gasteiger partial charge on any atom is 0.206 e. The summed E-state index contributed by atoms with van der Waals surface area (Å²) < 4.78 is 44.9. The monoisotopic (exact) mass is 760 g/mol. The number of rotatable bonds is 11. The first-order valence-corrected chi connectivity index (χ1v) is 20.9. The fourth-order valence-electron chi connectivity index (χ4n) is 10.0. The first-order chi connectivity index (χ1) is 27.2. The SMILES string of the molecule is COc1ccc(C2(c3ccc(Oc4ccc(S(=O)(=O)c5ccc(Oc6ccc(C(=O)c7ccc(C)cc7)cc6)cc5)cc4)cc3)C3CC4CC(C3)CC2C4)cc1. The van der Waals surface area contributed by atoms with Gasteiger partial charge in [0, 0.05) is 16.5 Å². The molecule has 0 radical (unpaired) electrons. The van der Waals surface area contributed by atoms with E-state index in [4.69, 9.17) is 14.2 Å². The summed E-state index contributed by atoms with van der Waals surface area (Å²) in [5, 5.41) is 0. The maximum atomic E-state index is 13.6. The van der Waals surface area contributed by atoms with Gasteiger partial charge in [0.1, 0.15) is 28.7 Å². The van der Waals surface area contributed by atoms with E-state index in [2.05, 4.69) is 48.5 Å². The van der Waals surface area contributed by atoms with Gasteiger partial charge in [0.2, 0.25) is 9.84 Å². The summed E-state index contributed by atoms with van der Waals surface area (Å²) in [6, 6.07) is 44.6. The molecule has 4 bridgehead atoms. The van der Waals surface area contributed by atoms with Crippen LogP contribution in [-0.4, -0.2) is 21.3 Å². The Bertz CT molecular complexity index is 2420. The van der Waals surface area contributed by atoms with Gasteiger partial charge < -0.3 is 14.2 Å². The highest BCUT2D eigenvalue weighted by Crippen LogP contribution is 2.65. The normalized spacial score (nSPS) is 22.4. The van der Waals surface area contributed by atoms with E-state index >= 15 is 0 Å². The maximum absolute atomic E-state index is 13.6. The van der Waals surface area contributed by atoms with Crippen LogP contribution in [-0.2, 0) is 15.3 Å². The van der Waals surface area contributed by atoms with Crippen molar-refractivity contribution < 1.29 is 27.4 Å². The average molecular weight is 761 g/mol. The zero-order chi connectivity index (χ0) is 38.4. The topological polar surface area (TPSA) is 78.9 Å². The molecule has 4 aliphatic carbocycles. The lowest BCUT2D eigenvalue weighted by Gasteiger charge is -2.62. The molecule has 0 heterocycles. The van der Waals surface area contributed by atoms with Gasteiger partial charge in [0.05, 0.1) is 16.9 Å². The number of carbonyl (C=O) groups excluding carboxylic acids is 1. The number of ketones is 1. The van der Waals surface area contributed by atoms with Crippen molar-refractivity contribution in [3.05, 3.63) is 173 Å². The smallest absolute Gasteiger partial charge is 0.206 e. The summed E-state index contributed by atoms with van der Waals surface area (Å²) in [7, 11) is -2.07. The highest BCUT2D eigenvalue weighted by Gasteiger charge is 2.58. The van der Waals surface area contributed by atoms with Crippen molar-refractivity contribution in [2.45, 2.75) is 54.2 Å². The third-order valence-electron chi connectivity index (χ3n) is 12.5. The minimum absolute atomic E-state index is 0.0200. The van der Waals surface area contributed by atoms with Crippen LogP contribution in [0.1, 0.15) is 64.7 Å². The minimum Gasteiger partial charge on any atom is -0.497 e. The van der Waals surface area contributed by atoms with E-state index < -0.39 is 9.84 Å². The third-order valence-corrected chi connectivity index (χ3v) is 14.3. The van der Waals surface area contributed by atoms with E-state index in [0.29, 0.717) is 46.0 Å². The van der Waals surface area contributed by atoms with E-state index in [1.165, 1.54) is 55.4 Å². The Labute approximate surface area is 329 Å². The highest BCUT2D eigenvalue weighted by molar-refractivity contribution is 7.91. The Balaban J connectivity index is 0.868. The van der Waals surface area contributed by atoms with Crippen LogP contribution in [0, 0.1) is 30.6 Å². The number of hydrogen-bond acceptors (Lipinski definition) is 6. The van der Waals surface area contributed by atoms with Crippen molar-refractivity contribution in [1.82, 2.24) is 0 Å². The lowest BCUT2D eigenvalue weighted by Crippen LogP contribution is -2.56. The minimum atomic E-state index is -3.78. The highest BCUT2D eigenvalue weighted by atomic mass is 32.2. The third kappa shape index (κ3) is 6.58. The van der Waals surface area contributed by atoms with Crippen LogP contribution in [0.5, 0.6) is 28.7 Å². The Morgan fingerprint density at radius 1 is 0.500 bits per heavy atom. The molecule has 4 saturated carbocycles. The molecule has 0 unspecified atom stereocenters.